The predicted octanol–water partition coefficient (Wildman–Crippen LogP) is 3.53. The first-order chi connectivity index (χ1) is 15.8. The molecule has 7 nitrogen and oxygen atoms in total. The highest BCUT2D eigenvalue weighted by Gasteiger charge is 2.33. The molecule has 0 amide bonds. The van der Waals surface area contributed by atoms with E-state index in [-0.39, 0.29) is 37.4 Å². The van der Waals surface area contributed by atoms with Crippen LogP contribution in [0, 0.1) is 5.92 Å². The van der Waals surface area contributed by atoms with Gasteiger partial charge in [-0.05, 0) is 80.5 Å². The van der Waals surface area contributed by atoms with Crippen molar-refractivity contribution in [2.24, 2.45) is 5.92 Å². The maximum absolute atomic E-state index is 13.1. The van der Waals surface area contributed by atoms with Crippen molar-refractivity contribution in [1.29, 1.82) is 0 Å². The predicted molar refractivity (Wildman–Crippen MR) is 123 cm³/mol. The average Bonchev–Trinajstić information content (AvgIpc) is 3.30. The SMILES string of the molecule is COc1ccc(C(C)=O)cc1COC(=O)C1CCN(S(=O)(=O)c2ccc3c(c2)CCC3)CC1. The fourth-order valence-electron chi connectivity index (χ4n) is 4.57. The molecule has 2 aromatic rings. The Labute approximate surface area is 194 Å². The van der Waals surface area contributed by atoms with E-state index in [2.05, 4.69) is 0 Å². The first kappa shape index (κ1) is 23.4. The quantitative estimate of drug-likeness (QED) is 0.453. The average molecular weight is 472 g/mol. The summed E-state index contributed by atoms with van der Waals surface area (Å²) < 4.78 is 38.5. The van der Waals surface area contributed by atoms with Crippen molar-refractivity contribution in [3.8, 4) is 5.75 Å². The van der Waals surface area contributed by atoms with E-state index in [0.717, 1.165) is 24.8 Å². The van der Waals surface area contributed by atoms with Crippen molar-refractivity contribution in [1.82, 2.24) is 4.31 Å². The maximum atomic E-state index is 13.1. The number of ketones is 1. The third-order valence-corrected chi connectivity index (χ3v) is 8.45. The standard InChI is InChI=1S/C25H29NO6S/c1-17(27)20-7-9-24(31-2)22(14-20)16-32-25(28)19-10-12-26(13-11-19)33(29,30)23-8-6-18-4-3-5-21(18)15-23/h6-9,14-15,19H,3-5,10-13,16H2,1-2H3. The first-order valence-corrected chi connectivity index (χ1v) is 12.7. The van der Waals surface area contributed by atoms with Gasteiger partial charge in [-0.1, -0.05) is 6.07 Å². The molecule has 33 heavy (non-hydrogen) atoms. The molecule has 1 aliphatic carbocycles. The molecule has 0 saturated carbocycles. The van der Waals surface area contributed by atoms with Gasteiger partial charge in [-0.2, -0.15) is 4.31 Å². The summed E-state index contributed by atoms with van der Waals surface area (Å²) in [5.41, 5.74) is 3.50. The van der Waals surface area contributed by atoms with E-state index in [1.807, 2.05) is 6.07 Å². The van der Waals surface area contributed by atoms with Gasteiger partial charge < -0.3 is 9.47 Å². The minimum Gasteiger partial charge on any atom is -0.496 e. The molecular formula is C25H29NO6S. The van der Waals surface area contributed by atoms with E-state index in [1.165, 1.54) is 23.9 Å². The number of nitrogens with zero attached hydrogens (tertiary/aromatic N) is 1. The summed E-state index contributed by atoms with van der Waals surface area (Å²) in [7, 11) is -2.06. The molecule has 0 aromatic heterocycles. The van der Waals surface area contributed by atoms with Crippen molar-refractivity contribution in [2.75, 3.05) is 20.2 Å². The molecule has 2 aliphatic rings. The second-order valence-electron chi connectivity index (χ2n) is 8.65. The van der Waals surface area contributed by atoms with Crippen molar-refractivity contribution in [2.45, 2.75) is 50.5 Å². The van der Waals surface area contributed by atoms with E-state index >= 15 is 0 Å². The van der Waals surface area contributed by atoms with E-state index in [4.69, 9.17) is 9.47 Å². The van der Waals surface area contributed by atoms with Gasteiger partial charge in [-0.25, -0.2) is 8.42 Å². The van der Waals surface area contributed by atoms with Crippen LogP contribution in [-0.4, -0.2) is 44.7 Å². The van der Waals surface area contributed by atoms with Crippen LogP contribution in [0.1, 0.15) is 53.2 Å². The minimum absolute atomic E-state index is 0.00321. The zero-order valence-electron chi connectivity index (χ0n) is 19.0. The van der Waals surface area contributed by atoms with Gasteiger partial charge in [-0.3, -0.25) is 9.59 Å². The molecule has 0 radical (unpaired) electrons. The summed E-state index contributed by atoms with van der Waals surface area (Å²) in [6.45, 7) is 2.03. The number of carbonyl (C=O) groups excluding carboxylic acids is 2. The Morgan fingerprint density at radius 2 is 1.76 bits per heavy atom. The molecule has 0 atom stereocenters. The third-order valence-electron chi connectivity index (χ3n) is 6.55. The van der Waals surface area contributed by atoms with Crippen LogP contribution in [0.25, 0.3) is 0 Å². The summed E-state index contributed by atoms with van der Waals surface area (Å²) in [5.74, 6) is -0.261. The molecule has 0 bridgehead atoms. The summed E-state index contributed by atoms with van der Waals surface area (Å²) in [5, 5.41) is 0. The highest BCUT2D eigenvalue weighted by molar-refractivity contribution is 7.89. The monoisotopic (exact) mass is 471 g/mol. The zero-order valence-corrected chi connectivity index (χ0v) is 19.8. The molecule has 0 unspecified atom stereocenters. The molecule has 2 aromatic carbocycles. The molecule has 1 aliphatic heterocycles. The van der Waals surface area contributed by atoms with Crippen LogP contribution >= 0.6 is 0 Å². The van der Waals surface area contributed by atoms with E-state index in [1.54, 1.807) is 30.3 Å². The number of hydrogen-bond donors (Lipinski definition) is 0. The molecule has 176 valence electrons. The number of Topliss-reactive ketones (excluding diaryl/α,β-unsaturated/α-hetero) is 1. The number of piperidine rings is 1. The number of fused-ring (bicyclic) bond motifs is 1. The highest BCUT2D eigenvalue weighted by Crippen LogP contribution is 2.29. The van der Waals surface area contributed by atoms with Gasteiger partial charge in [0.05, 0.1) is 17.9 Å². The number of aryl methyl sites for hydroxylation is 2. The van der Waals surface area contributed by atoms with Crippen molar-refractivity contribution >= 4 is 21.8 Å². The van der Waals surface area contributed by atoms with Crippen molar-refractivity contribution < 1.29 is 27.5 Å². The second-order valence-corrected chi connectivity index (χ2v) is 10.6. The van der Waals surface area contributed by atoms with E-state index < -0.39 is 10.0 Å². The third kappa shape index (κ3) is 4.96. The lowest BCUT2D eigenvalue weighted by Crippen LogP contribution is -2.40. The van der Waals surface area contributed by atoms with Gasteiger partial charge in [0.1, 0.15) is 12.4 Å². The highest BCUT2D eigenvalue weighted by atomic mass is 32.2. The van der Waals surface area contributed by atoms with Crippen LogP contribution in [0.15, 0.2) is 41.3 Å². The molecule has 0 spiro atoms. The molecule has 8 heteroatoms. The Kier molecular flexibility index (Phi) is 6.86. The second kappa shape index (κ2) is 9.65. The number of carbonyl (C=O) groups is 2. The van der Waals surface area contributed by atoms with Crippen LogP contribution in [0.2, 0.25) is 0 Å². The fourth-order valence-corrected chi connectivity index (χ4v) is 6.09. The minimum atomic E-state index is -3.58. The summed E-state index contributed by atoms with van der Waals surface area (Å²) >= 11 is 0. The normalized spacial score (nSPS) is 16.9. The van der Waals surface area contributed by atoms with Gasteiger partial charge in [0.2, 0.25) is 10.0 Å². The van der Waals surface area contributed by atoms with Crippen LogP contribution in [0.3, 0.4) is 0 Å². The summed E-state index contributed by atoms with van der Waals surface area (Å²) in [6.07, 6.45) is 3.82. The van der Waals surface area contributed by atoms with E-state index in [9.17, 15) is 18.0 Å². The van der Waals surface area contributed by atoms with Gasteiger partial charge in [0.15, 0.2) is 5.78 Å². The molecule has 1 saturated heterocycles. The number of methoxy groups -OCH3 is 1. The molecular weight excluding hydrogens is 442 g/mol. The summed E-state index contributed by atoms with van der Waals surface area (Å²) in [4.78, 5) is 24.6. The van der Waals surface area contributed by atoms with Crippen LogP contribution in [0.5, 0.6) is 5.75 Å². The van der Waals surface area contributed by atoms with Crippen LogP contribution < -0.4 is 4.74 Å². The Morgan fingerprint density at radius 3 is 2.45 bits per heavy atom. The lowest BCUT2D eigenvalue weighted by atomic mass is 9.98. The Morgan fingerprint density at radius 1 is 1.03 bits per heavy atom. The number of sulfonamides is 1. The topological polar surface area (TPSA) is 90.0 Å². The van der Waals surface area contributed by atoms with Crippen molar-refractivity contribution in [3.63, 3.8) is 0 Å². The fraction of sp³-hybridized carbons (Fsp3) is 0.440. The largest absolute Gasteiger partial charge is 0.496 e. The van der Waals surface area contributed by atoms with Gasteiger partial charge >= 0.3 is 5.97 Å². The van der Waals surface area contributed by atoms with Crippen LogP contribution in [-0.2, 0) is 39.0 Å². The number of rotatable bonds is 7. The van der Waals surface area contributed by atoms with Gasteiger partial charge in [-0.15, -0.1) is 0 Å². The number of ether oxygens (including phenoxy) is 2. The molecule has 0 N–H and O–H groups in total. The number of hydrogen-bond acceptors (Lipinski definition) is 6. The lowest BCUT2D eigenvalue weighted by Gasteiger charge is -2.30. The zero-order chi connectivity index (χ0) is 23.6. The lowest BCUT2D eigenvalue weighted by molar-refractivity contribution is -0.151. The number of esters is 1. The Balaban J connectivity index is 1.36. The Bertz CT molecular complexity index is 1170. The smallest absolute Gasteiger partial charge is 0.309 e. The first-order valence-electron chi connectivity index (χ1n) is 11.3. The van der Waals surface area contributed by atoms with Gasteiger partial charge in [0, 0.05) is 24.2 Å². The summed E-state index contributed by atoms with van der Waals surface area (Å²) in [6, 6.07) is 10.4. The van der Waals surface area contributed by atoms with Crippen LogP contribution in [0.4, 0.5) is 0 Å². The van der Waals surface area contributed by atoms with E-state index in [0.29, 0.717) is 34.6 Å². The molecule has 4 rings (SSSR count). The van der Waals surface area contributed by atoms with Crippen molar-refractivity contribution in [3.05, 3.63) is 58.7 Å². The molecule has 1 fully saturated rings. The molecule has 1 heterocycles. The van der Waals surface area contributed by atoms with Gasteiger partial charge in [0.25, 0.3) is 0 Å². The number of benzene rings is 2. The Hall–Kier alpha value is -2.71. The maximum Gasteiger partial charge on any atom is 0.309 e.